The fraction of sp³-hybridized carbons (Fsp3) is 0.250. The molecule has 1 heterocycles. The molecule has 22 heavy (non-hydrogen) atoms. The largest absolute Gasteiger partial charge is 0.451 e. The van der Waals surface area contributed by atoms with Gasteiger partial charge in [0.15, 0.2) is 6.61 Å². The van der Waals surface area contributed by atoms with Gasteiger partial charge < -0.3 is 14.6 Å². The molecule has 116 valence electrons. The highest BCUT2D eigenvalue weighted by Gasteiger charge is 2.15. The second-order valence-electron chi connectivity index (χ2n) is 4.98. The van der Waals surface area contributed by atoms with Crippen LogP contribution in [0.4, 0.5) is 0 Å². The third-order valence-electron chi connectivity index (χ3n) is 3.29. The van der Waals surface area contributed by atoms with Crippen LogP contribution in [0.5, 0.6) is 0 Å². The minimum Gasteiger partial charge on any atom is -0.451 e. The average molecular weight is 321 g/mol. The van der Waals surface area contributed by atoms with E-state index in [0.29, 0.717) is 11.6 Å². The summed E-state index contributed by atoms with van der Waals surface area (Å²) >= 11 is 5.71. The first kappa shape index (κ1) is 16.1. The summed E-state index contributed by atoms with van der Waals surface area (Å²) < 4.78 is 4.97. The summed E-state index contributed by atoms with van der Waals surface area (Å²) in [6.07, 6.45) is 1.48. The topological polar surface area (TPSA) is 62.4 Å². The standard InChI is InChI=1S/C16H17ClN2O3/c1-11-5-3-4-6-12(11)9-19(2)15(20)10-22-16(21)14-7-13(17)8-18-14/h3-8,18H,9-10H2,1-2H3. The minimum absolute atomic E-state index is 0.222. The van der Waals surface area contributed by atoms with E-state index in [0.717, 1.165) is 11.1 Å². The Morgan fingerprint density at radius 3 is 2.68 bits per heavy atom. The normalized spacial score (nSPS) is 10.3. The van der Waals surface area contributed by atoms with Gasteiger partial charge in [-0.2, -0.15) is 0 Å². The Bertz CT molecular complexity index is 682. The Balaban J connectivity index is 1.86. The zero-order valence-corrected chi connectivity index (χ0v) is 13.2. The SMILES string of the molecule is Cc1ccccc1CN(C)C(=O)COC(=O)c1cc(Cl)c[nH]1. The van der Waals surface area contributed by atoms with Crippen molar-refractivity contribution in [1.82, 2.24) is 9.88 Å². The van der Waals surface area contributed by atoms with E-state index in [1.165, 1.54) is 17.2 Å². The first-order chi connectivity index (χ1) is 10.5. The Morgan fingerprint density at radius 1 is 1.32 bits per heavy atom. The summed E-state index contributed by atoms with van der Waals surface area (Å²) in [6.45, 7) is 2.15. The van der Waals surface area contributed by atoms with Crippen LogP contribution in [0.1, 0.15) is 21.6 Å². The number of aromatic amines is 1. The number of hydrogen-bond donors (Lipinski definition) is 1. The molecule has 0 spiro atoms. The van der Waals surface area contributed by atoms with E-state index in [9.17, 15) is 9.59 Å². The van der Waals surface area contributed by atoms with Crippen molar-refractivity contribution in [2.75, 3.05) is 13.7 Å². The van der Waals surface area contributed by atoms with E-state index in [1.807, 2.05) is 31.2 Å². The number of nitrogens with one attached hydrogen (secondary N) is 1. The lowest BCUT2D eigenvalue weighted by molar-refractivity contribution is -0.133. The number of H-pyrrole nitrogens is 1. The number of hydrogen-bond acceptors (Lipinski definition) is 3. The molecule has 1 aromatic heterocycles. The molecule has 0 saturated heterocycles. The molecule has 0 fully saturated rings. The molecule has 1 N–H and O–H groups in total. The molecule has 0 unspecified atom stereocenters. The molecule has 0 aliphatic carbocycles. The molecule has 2 rings (SSSR count). The molecule has 0 aliphatic rings. The number of esters is 1. The van der Waals surface area contributed by atoms with Gasteiger partial charge in [-0.3, -0.25) is 4.79 Å². The highest BCUT2D eigenvalue weighted by Crippen LogP contribution is 2.11. The van der Waals surface area contributed by atoms with Gasteiger partial charge in [0, 0.05) is 19.8 Å². The molecule has 1 amide bonds. The lowest BCUT2D eigenvalue weighted by Gasteiger charge is -2.18. The number of amides is 1. The van der Waals surface area contributed by atoms with Gasteiger partial charge in [0.2, 0.25) is 0 Å². The second-order valence-corrected chi connectivity index (χ2v) is 5.42. The van der Waals surface area contributed by atoms with E-state index in [-0.39, 0.29) is 18.2 Å². The first-order valence-corrected chi connectivity index (χ1v) is 7.14. The number of carbonyl (C=O) groups is 2. The summed E-state index contributed by atoms with van der Waals surface area (Å²) in [5.74, 6) is -0.876. The minimum atomic E-state index is -0.607. The molecule has 0 saturated carbocycles. The van der Waals surface area contributed by atoms with Gasteiger partial charge in [0.05, 0.1) is 5.02 Å². The van der Waals surface area contributed by atoms with Crippen LogP contribution in [0, 0.1) is 6.92 Å². The maximum absolute atomic E-state index is 12.0. The van der Waals surface area contributed by atoms with Crippen molar-refractivity contribution in [1.29, 1.82) is 0 Å². The van der Waals surface area contributed by atoms with E-state index >= 15 is 0 Å². The predicted octanol–water partition coefficient (Wildman–Crippen LogP) is 2.79. The van der Waals surface area contributed by atoms with E-state index < -0.39 is 5.97 Å². The number of aromatic nitrogens is 1. The molecule has 6 heteroatoms. The number of halogens is 1. The number of likely N-dealkylation sites (N-methyl/N-ethyl adjacent to an activating group) is 1. The summed E-state index contributed by atoms with van der Waals surface area (Å²) in [5, 5.41) is 0.412. The van der Waals surface area contributed by atoms with Crippen molar-refractivity contribution < 1.29 is 14.3 Å². The highest BCUT2D eigenvalue weighted by atomic mass is 35.5. The second kappa shape index (κ2) is 7.13. The van der Waals surface area contributed by atoms with E-state index in [1.54, 1.807) is 7.05 Å². The smallest absolute Gasteiger partial charge is 0.355 e. The molecular formula is C16H17ClN2O3. The number of rotatable bonds is 5. The first-order valence-electron chi connectivity index (χ1n) is 6.77. The molecule has 0 aliphatic heterocycles. The van der Waals surface area contributed by atoms with E-state index in [4.69, 9.17) is 16.3 Å². The van der Waals surface area contributed by atoms with Crippen molar-refractivity contribution >= 4 is 23.5 Å². The van der Waals surface area contributed by atoms with Crippen LogP contribution < -0.4 is 0 Å². The van der Waals surface area contributed by atoms with Crippen LogP contribution in [-0.2, 0) is 16.1 Å². The quantitative estimate of drug-likeness (QED) is 0.862. The Morgan fingerprint density at radius 2 is 2.05 bits per heavy atom. The van der Waals surface area contributed by atoms with Crippen molar-refractivity contribution in [3.63, 3.8) is 0 Å². The van der Waals surface area contributed by atoms with Crippen LogP contribution >= 0.6 is 11.6 Å². The molecule has 5 nitrogen and oxygen atoms in total. The zero-order valence-electron chi connectivity index (χ0n) is 12.4. The van der Waals surface area contributed by atoms with Crippen LogP contribution in [0.2, 0.25) is 5.02 Å². The summed E-state index contributed by atoms with van der Waals surface area (Å²) in [4.78, 5) is 27.9. The molecular weight excluding hydrogens is 304 g/mol. The highest BCUT2D eigenvalue weighted by molar-refractivity contribution is 6.30. The van der Waals surface area contributed by atoms with Crippen LogP contribution in [-0.4, -0.2) is 35.4 Å². The number of benzene rings is 1. The van der Waals surface area contributed by atoms with E-state index in [2.05, 4.69) is 4.98 Å². The van der Waals surface area contributed by atoms with Gasteiger partial charge in [0.25, 0.3) is 5.91 Å². The molecule has 1 aromatic carbocycles. The lowest BCUT2D eigenvalue weighted by atomic mass is 10.1. The Kier molecular flexibility index (Phi) is 5.22. The molecule has 0 bridgehead atoms. The number of aryl methyl sites for hydroxylation is 1. The number of ether oxygens (including phenoxy) is 1. The van der Waals surface area contributed by atoms with Crippen LogP contribution in [0.15, 0.2) is 36.5 Å². The summed E-state index contributed by atoms with van der Waals surface area (Å²) in [5.41, 5.74) is 2.39. The van der Waals surface area contributed by atoms with Gasteiger partial charge >= 0.3 is 5.97 Å². The summed E-state index contributed by atoms with van der Waals surface area (Å²) in [7, 11) is 1.67. The van der Waals surface area contributed by atoms with Crippen molar-refractivity contribution in [3.8, 4) is 0 Å². The van der Waals surface area contributed by atoms with Crippen molar-refractivity contribution in [2.45, 2.75) is 13.5 Å². The van der Waals surface area contributed by atoms with Gasteiger partial charge in [-0.05, 0) is 24.1 Å². The van der Waals surface area contributed by atoms with Gasteiger partial charge in [-0.1, -0.05) is 35.9 Å². The number of carbonyl (C=O) groups excluding carboxylic acids is 2. The zero-order chi connectivity index (χ0) is 16.1. The fourth-order valence-corrected chi connectivity index (χ4v) is 2.10. The summed E-state index contributed by atoms with van der Waals surface area (Å²) in [6, 6.07) is 9.28. The number of nitrogens with zero attached hydrogens (tertiary/aromatic N) is 1. The van der Waals surface area contributed by atoms with Gasteiger partial charge in [-0.25, -0.2) is 4.79 Å². The predicted molar refractivity (Wildman–Crippen MR) is 83.7 cm³/mol. The van der Waals surface area contributed by atoms with Gasteiger partial charge in [0.1, 0.15) is 5.69 Å². The monoisotopic (exact) mass is 320 g/mol. The Labute approximate surface area is 133 Å². The maximum Gasteiger partial charge on any atom is 0.355 e. The molecule has 2 aromatic rings. The van der Waals surface area contributed by atoms with Crippen LogP contribution in [0.3, 0.4) is 0 Å². The Hall–Kier alpha value is -2.27. The third-order valence-corrected chi connectivity index (χ3v) is 3.51. The van der Waals surface area contributed by atoms with Crippen molar-refractivity contribution in [2.24, 2.45) is 0 Å². The lowest BCUT2D eigenvalue weighted by Crippen LogP contribution is -2.31. The van der Waals surface area contributed by atoms with Crippen molar-refractivity contribution in [3.05, 3.63) is 58.4 Å². The van der Waals surface area contributed by atoms with Crippen LogP contribution in [0.25, 0.3) is 0 Å². The van der Waals surface area contributed by atoms with Gasteiger partial charge in [-0.15, -0.1) is 0 Å². The fourth-order valence-electron chi connectivity index (χ4n) is 1.93. The third kappa shape index (κ3) is 4.11. The molecule has 0 radical (unpaired) electrons. The maximum atomic E-state index is 12.0. The average Bonchev–Trinajstić information content (AvgIpc) is 2.93. The molecule has 0 atom stereocenters.